The number of carbonyl (C=O) groups is 2. The van der Waals surface area contributed by atoms with Gasteiger partial charge in [0, 0.05) is 38.4 Å². The Balaban J connectivity index is 1.90. The van der Waals surface area contributed by atoms with Crippen molar-refractivity contribution in [3.63, 3.8) is 0 Å². The Bertz CT molecular complexity index is 516. The monoisotopic (exact) mass is 303 g/mol. The Labute approximate surface area is 132 Å². The molecule has 0 spiro atoms. The average Bonchev–Trinajstić information content (AvgIpc) is 2.50. The van der Waals surface area contributed by atoms with Gasteiger partial charge in [-0.25, -0.2) is 0 Å². The molecule has 2 heterocycles. The minimum absolute atomic E-state index is 0.0573. The number of nitrogens with zero attached hydrogens (tertiary/aromatic N) is 3. The second kappa shape index (κ2) is 7.38. The normalized spacial score (nSPS) is 18.9. The van der Waals surface area contributed by atoms with Crippen LogP contribution in [0.15, 0.2) is 24.5 Å². The predicted molar refractivity (Wildman–Crippen MR) is 85.2 cm³/mol. The van der Waals surface area contributed by atoms with Crippen LogP contribution < -0.4 is 0 Å². The maximum atomic E-state index is 12.4. The van der Waals surface area contributed by atoms with Crippen LogP contribution >= 0.6 is 0 Å². The highest BCUT2D eigenvalue weighted by atomic mass is 16.2. The van der Waals surface area contributed by atoms with Gasteiger partial charge in [-0.3, -0.25) is 14.6 Å². The number of aromatic nitrogens is 1. The summed E-state index contributed by atoms with van der Waals surface area (Å²) in [4.78, 5) is 32.3. The molecule has 1 aromatic heterocycles. The lowest BCUT2D eigenvalue weighted by molar-refractivity contribution is -0.151. The number of pyridine rings is 1. The van der Waals surface area contributed by atoms with E-state index >= 15 is 0 Å². The van der Waals surface area contributed by atoms with Crippen molar-refractivity contribution >= 4 is 11.8 Å². The number of hydrogen-bond acceptors (Lipinski definition) is 3. The molecule has 1 fully saturated rings. The van der Waals surface area contributed by atoms with E-state index in [0.29, 0.717) is 31.8 Å². The number of rotatable bonds is 5. The van der Waals surface area contributed by atoms with E-state index in [-0.39, 0.29) is 17.9 Å². The molecule has 5 nitrogen and oxygen atoms in total. The summed E-state index contributed by atoms with van der Waals surface area (Å²) in [6.45, 7) is 8.08. The lowest BCUT2D eigenvalue weighted by atomic mass is 10.1. The van der Waals surface area contributed by atoms with Crippen LogP contribution in [-0.2, 0) is 16.0 Å². The third-order valence-corrected chi connectivity index (χ3v) is 4.03. The smallest absolute Gasteiger partial charge is 0.245 e. The van der Waals surface area contributed by atoms with Crippen LogP contribution in [0.5, 0.6) is 0 Å². The summed E-state index contributed by atoms with van der Waals surface area (Å²) >= 11 is 0. The first-order valence-electron chi connectivity index (χ1n) is 7.96. The average molecular weight is 303 g/mol. The van der Waals surface area contributed by atoms with Gasteiger partial charge in [0.1, 0.15) is 6.04 Å². The largest absolute Gasteiger partial charge is 0.339 e. The molecule has 1 saturated heterocycles. The standard InChI is InChI=1S/C17H25N3O2/c1-13(2)12-19-10-11-20(14(3)17(19)22)16(21)5-4-15-6-8-18-9-7-15/h6-9,13-14H,4-5,10-12H2,1-3H3/t14-/m1/s1. The van der Waals surface area contributed by atoms with E-state index in [1.807, 2.05) is 24.0 Å². The van der Waals surface area contributed by atoms with Gasteiger partial charge in [-0.15, -0.1) is 0 Å². The fourth-order valence-electron chi connectivity index (χ4n) is 2.84. The fourth-order valence-corrected chi connectivity index (χ4v) is 2.84. The van der Waals surface area contributed by atoms with Crippen LogP contribution in [0.2, 0.25) is 0 Å². The van der Waals surface area contributed by atoms with E-state index in [1.54, 1.807) is 17.3 Å². The minimum atomic E-state index is -0.350. The lowest BCUT2D eigenvalue weighted by Gasteiger charge is -2.39. The van der Waals surface area contributed by atoms with Crippen molar-refractivity contribution in [3.05, 3.63) is 30.1 Å². The first-order valence-corrected chi connectivity index (χ1v) is 7.96. The molecule has 0 N–H and O–H groups in total. The Kier molecular flexibility index (Phi) is 5.52. The van der Waals surface area contributed by atoms with Gasteiger partial charge < -0.3 is 9.80 Å². The van der Waals surface area contributed by atoms with Crippen molar-refractivity contribution in [2.24, 2.45) is 5.92 Å². The zero-order valence-electron chi connectivity index (χ0n) is 13.7. The third kappa shape index (κ3) is 4.06. The van der Waals surface area contributed by atoms with Crippen LogP contribution in [0, 0.1) is 5.92 Å². The molecule has 2 amide bonds. The van der Waals surface area contributed by atoms with Crippen molar-refractivity contribution < 1.29 is 9.59 Å². The van der Waals surface area contributed by atoms with Crippen LogP contribution in [0.25, 0.3) is 0 Å². The molecule has 2 rings (SSSR count). The maximum Gasteiger partial charge on any atom is 0.245 e. The Morgan fingerprint density at radius 3 is 2.64 bits per heavy atom. The molecule has 0 aliphatic carbocycles. The number of hydrogen-bond donors (Lipinski definition) is 0. The summed E-state index contributed by atoms with van der Waals surface area (Å²) in [7, 11) is 0. The molecule has 22 heavy (non-hydrogen) atoms. The summed E-state index contributed by atoms with van der Waals surface area (Å²) in [5, 5.41) is 0. The molecule has 1 aromatic rings. The van der Waals surface area contributed by atoms with Crippen molar-refractivity contribution in [3.8, 4) is 0 Å². The zero-order chi connectivity index (χ0) is 16.1. The van der Waals surface area contributed by atoms with Gasteiger partial charge >= 0.3 is 0 Å². The van der Waals surface area contributed by atoms with Crippen LogP contribution in [0.1, 0.15) is 32.8 Å². The fraction of sp³-hybridized carbons (Fsp3) is 0.588. The van der Waals surface area contributed by atoms with E-state index in [2.05, 4.69) is 18.8 Å². The van der Waals surface area contributed by atoms with Gasteiger partial charge in [0.05, 0.1) is 0 Å². The topological polar surface area (TPSA) is 53.5 Å². The highest BCUT2D eigenvalue weighted by Gasteiger charge is 2.33. The second-order valence-corrected chi connectivity index (χ2v) is 6.30. The molecule has 0 radical (unpaired) electrons. The summed E-state index contributed by atoms with van der Waals surface area (Å²) in [6, 6.07) is 3.49. The van der Waals surface area contributed by atoms with Crippen LogP contribution in [0.4, 0.5) is 0 Å². The van der Waals surface area contributed by atoms with Gasteiger partial charge in [0.15, 0.2) is 0 Å². The van der Waals surface area contributed by atoms with Crippen LogP contribution in [-0.4, -0.2) is 52.3 Å². The molecule has 0 aromatic carbocycles. The highest BCUT2D eigenvalue weighted by molar-refractivity contribution is 5.88. The highest BCUT2D eigenvalue weighted by Crippen LogP contribution is 2.15. The summed E-state index contributed by atoms with van der Waals surface area (Å²) in [6.07, 6.45) is 4.59. The Morgan fingerprint density at radius 2 is 2.00 bits per heavy atom. The quantitative estimate of drug-likeness (QED) is 0.832. The number of aryl methyl sites for hydroxylation is 1. The van der Waals surface area contributed by atoms with Gasteiger partial charge in [-0.05, 0) is 37.0 Å². The van der Waals surface area contributed by atoms with E-state index in [9.17, 15) is 9.59 Å². The Hall–Kier alpha value is -1.91. The third-order valence-electron chi connectivity index (χ3n) is 4.03. The van der Waals surface area contributed by atoms with E-state index < -0.39 is 0 Å². The summed E-state index contributed by atoms with van der Waals surface area (Å²) < 4.78 is 0. The molecule has 1 atom stereocenters. The summed E-state index contributed by atoms with van der Waals surface area (Å²) in [5.41, 5.74) is 1.10. The van der Waals surface area contributed by atoms with Crippen molar-refractivity contribution in [1.29, 1.82) is 0 Å². The van der Waals surface area contributed by atoms with E-state index in [4.69, 9.17) is 0 Å². The predicted octanol–water partition coefficient (Wildman–Crippen LogP) is 1.73. The number of piperazine rings is 1. The number of amides is 2. The maximum absolute atomic E-state index is 12.4. The van der Waals surface area contributed by atoms with Crippen molar-refractivity contribution in [1.82, 2.24) is 14.8 Å². The molecular weight excluding hydrogens is 278 g/mol. The SMILES string of the molecule is CC(C)CN1CCN(C(=O)CCc2ccncc2)[C@H](C)C1=O. The molecular formula is C17H25N3O2. The molecule has 1 aliphatic heterocycles. The van der Waals surface area contributed by atoms with Crippen molar-refractivity contribution in [2.75, 3.05) is 19.6 Å². The Morgan fingerprint density at radius 1 is 1.32 bits per heavy atom. The molecule has 5 heteroatoms. The molecule has 0 bridgehead atoms. The molecule has 1 aliphatic rings. The first kappa shape index (κ1) is 16.5. The van der Waals surface area contributed by atoms with Crippen molar-refractivity contribution in [2.45, 2.75) is 39.7 Å². The van der Waals surface area contributed by atoms with E-state index in [0.717, 1.165) is 12.1 Å². The lowest BCUT2D eigenvalue weighted by Crippen LogP contribution is -2.58. The minimum Gasteiger partial charge on any atom is -0.339 e. The summed E-state index contributed by atoms with van der Waals surface area (Å²) in [5.74, 6) is 0.573. The van der Waals surface area contributed by atoms with Gasteiger partial charge in [0.2, 0.25) is 11.8 Å². The van der Waals surface area contributed by atoms with Gasteiger partial charge in [-0.2, -0.15) is 0 Å². The molecule has 120 valence electrons. The second-order valence-electron chi connectivity index (χ2n) is 6.30. The van der Waals surface area contributed by atoms with Crippen LogP contribution in [0.3, 0.4) is 0 Å². The van der Waals surface area contributed by atoms with E-state index in [1.165, 1.54) is 0 Å². The number of carbonyl (C=O) groups excluding carboxylic acids is 2. The molecule has 0 saturated carbocycles. The molecule has 0 unspecified atom stereocenters. The van der Waals surface area contributed by atoms with Gasteiger partial charge in [0.25, 0.3) is 0 Å². The first-order chi connectivity index (χ1) is 10.5. The zero-order valence-corrected chi connectivity index (χ0v) is 13.7. The van der Waals surface area contributed by atoms with Gasteiger partial charge in [-0.1, -0.05) is 13.8 Å².